The molecule has 1 fully saturated rings. The Kier molecular flexibility index (Phi) is 3.29. The van der Waals surface area contributed by atoms with E-state index in [9.17, 15) is 4.79 Å². The van der Waals surface area contributed by atoms with Gasteiger partial charge in [0.25, 0.3) is 0 Å². The summed E-state index contributed by atoms with van der Waals surface area (Å²) in [5.74, 6) is 0.911. The number of nitrogens with zero attached hydrogens (tertiary/aromatic N) is 3. The highest BCUT2D eigenvalue weighted by Crippen LogP contribution is 2.32. The smallest absolute Gasteiger partial charge is 0.336 e. The van der Waals surface area contributed by atoms with Crippen molar-refractivity contribution in [2.24, 2.45) is 0 Å². The maximum Gasteiger partial charge on any atom is 0.336 e. The van der Waals surface area contributed by atoms with Gasteiger partial charge in [-0.15, -0.1) is 10.2 Å². The monoisotopic (exact) mass is 309 g/mol. The summed E-state index contributed by atoms with van der Waals surface area (Å²) < 4.78 is 5.54. The van der Waals surface area contributed by atoms with Crippen molar-refractivity contribution in [3.8, 4) is 0 Å². The Balaban J connectivity index is 2.04. The van der Waals surface area contributed by atoms with E-state index >= 15 is 0 Å². The van der Waals surface area contributed by atoms with Crippen molar-refractivity contribution < 1.29 is 4.42 Å². The van der Waals surface area contributed by atoms with Gasteiger partial charge in [-0.3, -0.25) is 0 Å². The van der Waals surface area contributed by atoms with Gasteiger partial charge in [-0.2, -0.15) is 0 Å². The zero-order valence-corrected chi connectivity index (χ0v) is 13.4. The Morgan fingerprint density at radius 2 is 1.87 bits per heavy atom. The number of hydrogen-bond donors (Lipinski definition) is 0. The van der Waals surface area contributed by atoms with Crippen LogP contribution in [0.25, 0.3) is 21.9 Å². The van der Waals surface area contributed by atoms with Crippen LogP contribution in [0.2, 0.25) is 0 Å². The topological polar surface area (TPSA) is 59.2 Å². The van der Waals surface area contributed by atoms with Crippen molar-refractivity contribution in [2.45, 2.75) is 33.1 Å². The molecule has 5 nitrogen and oxygen atoms in total. The number of anilines is 1. The molecule has 1 aliphatic heterocycles. The molecule has 3 aromatic rings. The first-order valence-corrected chi connectivity index (χ1v) is 8.10. The first-order chi connectivity index (χ1) is 11.1. The minimum atomic E-state index is -0.321. The molecule has 0 aliphatic carbocycles. The van der Waals surface area contributed by atoms with Gasteiger partial charge in [0.1, 0.15) is 5.58 Å². The molecular formula is C18H19N3O2. The Labute approximate surface area is 133 Å². The molecule has 4 rings (SSSR count). The van der Waals surface area contributed by atoms with Crippen LogP contribution in [0.5, 0.6) is 0 Å². The quantitative estimate of drug-likeness (QED) is 0.509. The van der Waals surface area contributed by atoms with Crippen molar-refractivity contribution in [3.63, 3.8) is 0 Å². The van der Waals surface area contributed by atoms with E-state index in [2.05, 4.69) is 15.1 Å². The summed E-state index contributed by atoms with van der Waals surface area (Å²) in [7, 11) is 0. The van der Waals surface area contributed by atoms with Crippen LogP contribution in [-0.4, -0.2) is 23.3 Å². The van der Waals surface area contributed by atoms with Crippen molar-refractivity contribution in [3.05, 3.63) is 39.7 Å². The summed E-state index contributed by atoms with van der Waals surface area (Å²) in [4.78, 5) is 14.1. The van der Waals surface area contributed by atoms with E-state index in [0.717, 1.165) is 46.3 Å². The Morgan fingerprint density at radius 3 is 2.65 bits per heavy atom. The number of aromatic nitrogens is 2. The number of hydrogen-bond acceptors (Lipinski definition) is 5. The van der Waals surface area contributed by atoms with Gasteiger partial charge in [0.05, 0.1) is 10.9 Å². The highest BCUT2D eigenvalue weighted by molar-refractivity contribution is 6.06. The van der Waals surface area contributed by atoms with E-state index in [1.807, 2.05) is 26.0 Å². The third kappa shape index (κ3) is 2.27. The first kappa shape index (κ1) is 14.2. The van der Waals surface area contributed by atoms with Crippen molar-refractivity contribution in [1.82, 2.24) is 10.2 Å². The predicted octanol–water partition coefficient (Wildman–Crippen LogP) is 3.34. The third-order valence-corrected chi connectivity index (χ3v) is 4.72. The summed E-state index contributed by atoms with van der Waals surface area (Å²) in [6.45, 7) is 5.99. The molecule has 0 bridgehead atoms. The highest BCUT2D eigenvalue weighted by atomic mass is 16.4. The molecule has 1 saturated heterocycles. The second-order valence-corrected chi connectivity index (χ2v) is 6.28. The Hall–Kier alpha value is -2.43. The summed E-state index contributed by atoms with van der Waals surface area (Å²) in [5.41, 5.74) is 3.03. The standard InChI is InChI=1S/C18H19N3O2/c1-11-10-15(22)23-17-13(11)6-7-14-16(17)12(2)18(20-19-14)21-8-4-3-5-9-21/h6-7,10H,3-5,8-9H2,1-2H3. The van der Waals surface area contributed by atoms with Crippen molar-refractivity contribution in [2.75, 3.05) is 18.0 Å². The van der Waals surface area contributed by atoms with Crippen LogP contribution in [0, 0.1) is 13.8 Å². The third-order valence-electron chi connectivity index (χ3n) is 4.72. The average molecular weight is 309 g/mol. The van der Waals surface area contributed by atoms with Gasteiger partial charge in [0, 0.05) is 30.1 Å². The minimum absolute atomic E-state index is 0.321. The van der Waals surface area contributed by atoms with Gasteiger partial charge in [-0.25, -0.2) is 4.79 Å². The maximum absolute atomic E-state index is 11.8. The molecule has 0 radical (unpaired) electrons. The number of fused-ring (bicyclic) bond motifs is 3. The number of piperidine rings is 1. The molecule has 0 amide bonds. The number of benzene rings is 1. The summed E-state index contributed by atoms with van der Waals surface area (Å²) in [5, 5.41) is 10.7. The first-order valence-electron chi connectivity index (χ1n) is 8.10. The Bertz CT molecular complexity index is 956. The molecule has 0 atom stereocenters. The lowest BCUT2D eigenvalue weighted by Crippen LogP contribution is -2.31. The van der Waals surface area contributed by atoms with Gasteiger partial charge in [-0.1, -0.05) is 0 Å². The minimum Gasteiger partial charge on any atom is -0.422 e. The second-order valence-electron chi connectivity index (χ2n) is 6.28. The lowest BCUT2D eigenvalue weighted by molar-refractivity contribution is 0.562. The lowest BCUT2D eigenvalue weighted by Gasteiger charge is -2.28. The van der Waals surface area contributed by atoms with Crippen LogP contribution in [0.1, 0.15) is 30.4 Å². The number of aryl methyl sites for hydroxylation is 2. The summed E-state index contributed by atoms with van der Waals surface area (Å²) in [6.07, 6.45) is 3.64. The molecular weight excluding hydrogens is 290 g/mol. The van der Waals surface area contributed by atoms with Crippen molar-refractivity contribution in [1.29, 1.82) is 0 Å². The summed E-state index contributed by atoms with van der Waals surface area (Å²) >= 11 is 0. The van der Waals surface area contributed by atoms with Crippen LogP contribution in [0.4, 0.5) is 5.82 Å². The normalized spacial score (nSPS) is 15.5. The predicted molar refractivity (Wildman–Crippen MR) is 91.1 cm³/mol. The zero-order chi connectivity index (χ0) is 16.0. The van der Waals surface area contributed by atoms with E-state index in [-0.39, 0.29) is 5.63 Å². The number of rotatable bonds is 1. The average Bonchev–Trinajstić information content (AvgIpc) is 2.55. The van der Waals surface area contributed by atoms with E-state index in [4.69, 9.17) is 4.42 Å². The van der Waals surface area contributed by atoms with Gasteiger partial charge in [-0.05, 0) is 50.8 Å². The molecule has 118 valence electrons. The fourth-order valence-electron chi connectivity index (χ4n) is 3.51. The van der Waals surface area contributed by atoms with E-state index in [0.29, 0.717) is 5.58 Å². The molecule has 5 heteroatoms. The molecule has 2 aromatic heterocycles. The van der Waals surface area contributed by atoms with E-state index in [1.165, 1.54) is 25.3 Å². The fraction of sp³-hybridized carbons (Fsp3) is 0.389. The molecule has 1 aliphatic rings. The molecule has 23 heavy (non-hydrogen) atoms. The van der Waals surface area contributed by atoms with Crippen LogP contribution in [-0.2, 0) is 0 Å². The van der Waals surface area contributed by atoms with E-state index in [1.54, 1.807) is 0 Å². The highest BCUT2D eigenvalue weighted by Gasteiger charge is 2.19. The van der Waals surface area contributed by atoms with Crippen LogP contribution >= 0.6 is 0 Å². The molecule has 0 spiro atoms. The molecule has 0 saturated carbocycles. The second kappa shape index (κ2) is 5.33. The van der Waals surface area contributed by atoms with Gasteiger partial charge in [0.15, 0.2) is 5.82 Å². The maximum atomic E-state index is 11.8. The zero-order valence-electron chi connectivity index (χ0n) is 13.4. The summed E-state index contributed by atoms with van der Waals surface area (Å²) in [6, 6.07) is 5.43. The van der Waals surface area contributed by atoms with E-state index < -0.39 is 0 Å². The van der Waals surface area contributed by atoms with Gasteiger partial charge < -0.3 is 9.32 Å². The lowest BCUT2D eigenvalue weighted by atomic mass is 10.0. The molecule has 1 aromatic carbocycles. The van der Waals surface area contributed by atoms with Crippen LogP contribution in [0.15, 0.2) is 27.4 Å². The SMILES string of the molecule is Cc1cc(=O)oc2c1ccc1nnc(N3CCCCC3)c(C)c12. The van der Waals surface area contributed by atoms with Gasteiger partial charge in [0.2, 0.25) is 0 Å². The molecule has 3 heterocycles. The largest absolute Gasteiger partial charge is 0.422 e. The van der Waals surface area contributed by atoms with Crippen LogP contribution < -0.4 is 10.5 Å². The molecule has 0 N–H and O–H groups in total. The fourth-order valence-corrected chi connectivity index (χ4v) is 3.51. The Morgan fingerprint density at radius 1 is 1.09 bits per heavy atom. The van der Waals surface area contributed by atoms with Gasteiger partial charge >= 0.3 is 5.63 Å². The van der Waals surface area contributed by atoms with Crippen LogP contribution in [0.3, 0.4) is 0 Å². The molecule has 0 unspecified atom stereocenters. The van der Waals surface area contributed by atoms with Crippen molar-refractivity contribution >= 4 is 27.7 Å².